The predicted octanol–water partition coefficient (Wildman–Crippen LogP) is 0.201. The van der Waals surface area contributed by atoms with E-state index in [9.17, 15) is 13.0 Å². The number of hydrogen-bond acceptors (Lipinski definition) is 6. The Morgan fingerprint density at radius 2 is 2.15 bits per heavy atom. The van der Waals surface area contributed by atoms with Crippen LogP contribution in [-0.2, 0) is 27.9 Å². The van der Waals surface area contributed by atoms with E-state index in [4.69, 9.17) is 4.52 Å². The van der Waals surface area contributed by atoms with Gasteiger partial charge in [-0.3, -0.25) is 8.75 Å². The van der Waals surface area contributed by atoms with Crippen molar-refractivity contribution in [3.63, 3.8) is 0 Å². The first-order valence-corrected chi connectivity index (χ1v) is 7.10. The lowest BCUT2D eigenvalue weighted by molar-refractivity contribution is 0.151. The van der Waals surface area contributed by atoms with Gasteiger partial charge < -0.3 is 9.05 Å². The molecule has 0 aromatic heterocycles. The molecule has 13 heavy (non-hydrogen) atoms. The van der Waals surface area contributed by atoms with Gasteiger partial charge in [0, 0.05) is 13.8 Å². The maximum atomic E-state index is 11.3. The largest absolute Gasteiger partial charge is 0.327 e. The summed E-state index contributed by atoms with van der Waals surface area (Å²) in [6.07, 6.45) is -0.694. The lowest BCUT2D eigenvalue weighted by Crippen LogP contribution is -2.15. The van der Waals surface area contributed by atoms with Gasteiger partial charge >= 0.3 is 7.60 Å². The Morgan fingerprint density at radius 1 is 1.54 bits per heavy atom. The van der Waals surface area contributed by atoms with Crippen molar-refractivity contribution in [2.45, 2.75) is 6.10 Å². The summed E-state index contributed by atoms with van der Waals surface area (Å²) in [5, 5.41) is 0. The van der Waals surface area contributed by atoms with E-state index in [-0.39, 0.29) is 12.4 Å². The van der Waals surface area contributed by atoms with Crippen LogP contribution in [0.4, 0.5) is 0 Å². The van der Waals surface area contributed by atoms with Crippen LogP contribution < -0.4 is 0 Å². The molecule has 8 heteroatoms. The van der Waals surface area contributed by atoms with Gasteiger partial charge in [-0.05, 0) is 0 Å². The molecule has 0 spiro atoms. The van der Waals surface area contributed by atoms with E-state index in [0.717, 1.165) is 0 Å². The quantitative estimate of drug-likeness (QED) is 0.509. The third kappa shape index (κ3) is 3.36. The van der Waals surface area contributed by atoms with E-state index < -0.39 is 23.8 Å². The van der Waals surface area contributed by atoms with Gasteiger partial charge in [-0.1, -0.05) is 0 Å². The molecule has 1 saturated heterocycles. The molecule has 1 heterocycles. The molecule has 0 aliphatic carbocycles. The Balaban J connectivity index is 2.55. The molecule has 0 aromatic rings. The van der Waals surface area contributed by atoms with E-state index in [0.29, 0.717) is 0 Å². The molecule has 2 unspecified atom stereocenters. The summed E-state index contributed by atoms with van der Waals surface area (Å²) in [7, 11) is -5.36. The van der Waals surface area contributed by atoms with Crippen LogP contribution >= 0.6 is 7.60 Å². The highest BCUT2D eigenvalue weighted by Gasteiger charge is 2.33. The summed E-state index contributed by atoms with van der Waals surface area (Å²) in [4.78, 5) is 0. The van der Waals surface area contributed by atoms with Crippen LogP contribution in [-0.4, -0.2) is 40.7 Å². The zero-order valence-electron chi connectivity index (χ0n) is 7.30. The van der Waals surface area contributed by atoms with E-state index in [1.807, 2.05) is 0 Å². The average molecular weight is 230 g/mol. The third-order valence-corrected chi connectivity index (χ3v) is 4.12. The molecule has 0 amide bonds. The molecular formula is C5H11O6PS. The normalized spacial score (nSPS) is 31.4. The molecule has 0 radical (unpaired) electrons. The molecule has 1 rings (SSSR count). The van der Waals surface area contributed by atoms with E-state index >= 15 is 0 Å². The summed E-state index contributed by atoms with van der Waals surface area (Å²) in [5.41, 5.74) is 0. The zero-order chi connectivity index (χ0) is 10.1. The van der Waals surface area contributed by atoms with Crippen LogP contribution in [0.5, 0.6) is 0 Å². The zero-order valence-corrected chi connectivity index (χ0v) is 9.01. The molecule has 0 aromatic carbocycles. The van der Waals surface area contributed by atoms with Crippen LogP contribution in [0, 0.1) is 0 Å². The van der Waals surface area contributed by atoms with Crippen molar-refractivity contribution in [3.8, 4) is 0 Å². The minimum Gasteiger partial charge on any atom is -0.312 e. The van der Waals surface area contributed by atoms with Crippen LogP contribution in [0.15, 0.2) is 0 Å². The van der Waals surface area contributed by atoms with E-state index in [2.05, 4.69) is 8.71 Å². The fraction of sp³-hybridized carbons (Fsp3) is 1.00. The van der Waals surface area contributed by atoms with Gasteiger partial charge in [0.2, 0.25) is 0 Å². The molecule has 1 fully saturated rings. The molecule has 1 aliphatic rings. The fourth-order valence-corrected chi connectivity index (χ4v) is 2.82. The Bertz CT molecular complexity index is 322. The van der Waals surface area contributed by atoms with Gasteiger partial charge in [0.1, 0.15) is 11.9 Å². The van der Waals surface area contributed by atoms with Crippen LogP contribution in [0.1, 0.15) is 0 Å². The summed E-state index contributed by atoms with van der Waals surface area (Å²) in [5.74, 6) is -0.270. The topological polar surface area (TPSA) is 78.9 Å². The summed E-state index contributed by atoms with van der Waals surface area (Å²) >= 11 is 0. The van der Waals surface area contributed by atoms with Gasteiger partial charge in [-0.25, -0.2) is 0 Å². The standard InChI is InChI=1S/C5H11O6PS/c1-9-12(2,6)11-5-3-10-13(7,8)4-5/h5H,3-4H2,1-2H3. The third-order valence-electron chi connectivity index (χ3n) is 1.50. The van der Waals surface area contributed by atoms with Crippen LogP contribution in [0.25, 0.3) is 0 Å². The van der Waals surface area contributed by atoms with Crippen molar-refractivity contribution >= 4 is 17.7 Å². The molecule has 1 aliphatic heterocycles. The second-order valence-electron chi connectivity index (χ2n) is 2.69. The van der Waals surface area contributed by atoms with Crippen LogP contribution in [0.2, 0.25) is 0 Å². The highest BCUT2D eigenvalue weighted by atomic mass is 32.2. The lowest BCUT2D eigenvalue weighted by Gasteiger charge is -2.14. The smallest absolute Gasteiger partial charge is 0.312 e. The average Bonchev–Trinajstić information content (AvgIpc) is 2.29. The summed E-state index contributed by atoms with van der Waals surface area (Å²) in [6, 6.07) is 0. The van der Waals surface area contributed by atoms with E-state index in [1.165, 1.54) is 13.8 Å². The fourth-order valence-electron chi connectivity index (χ4n) is 0.878. The van der Waals surface area contributed by atoms with Crippen molar-refractivity contribution in [1.29, 1.82) is 0 Å². The van der Waals surface area contributed by atoms with Gasteiger partial charge in [-0.15, -0.1) is 0 Å². The second kappa shape index (κ2) is 3.67. The Kier molecular flexibility index (Phi) is 3.14. The summed E-state index contributed by atoms with van der Waals surface area (Å²) in [6.45, 7) is 1.18. The molecular weight excluding hydrogens is 219 g/mol. The van der Waals surface area contributed by atoms with Gasteiger partial charge in [0.25, 0.3) is 10.1 Å². The minimum atomic E-state index is -3.48. The highest BCUT2D eigenvalue weighted by molar-refractivity contribution is 7.87. The first-order chi connectivity index (χ1) is 5.85. The van der Waals surface area contributed by atoms with Crippen LogP contribution in [0.3, 0.4) is 0 Å². The van der Waals surface area contributed by atoms with Gasteiger partial charge in [0.05, 0.1) is 6.61 Å². The Labute approximate surface area is 76.8 Å². The lowest BCUT2D eigenvalue weighted by atomic mass is 10.5. The van der Waals surface area contributed by atoms with Crippen molar-refractivity contribution in [2.75, 3.05) is 26.1 Å². The molecule has 0 bridgehead atoms. The summed E-state index contributed by atoms with van der Waals surface area (Å²) < 4.78 is 46.7. The Morgan fingerprint density at radius 3 is 2.54 bits per heavy atom. The molecule has 0 saturated carbocycles. The second-order valence-corrected chi connectivity index (χ2v) is 6.49. The SMILES string of the molecule is COP(C)(=O)OC1COS(=O)(=O)C1. The molecule has 0 N–H and O–H groups in total. The molecule has 6 nitrogen and oxygen atoms in total. The van der Waals surface area contributed by atoms with Gasteiger partial charge in [-0.2, -0.15) is 8.42 Å². The minimum absolute atomic E-state index is 0.0937. The first-order valence-electron chi connectivity index (χ1n) is 3.53. The number of rotatable bonds is 3. The maximum Gasteiger partial charge on any atom is 0.327 e. The Hall–Kier alpha value is 0.0600. The van der Waals surface area contributed by atoms with E-state index in [1.54, 1.807) is 0 Å². The van der Waals surface area contributed by atoms with Crippen molar-refractivity contribution in [2.24, 2.45) is 0 Å². The van der Waals surface area contributed by atoms with Crippen molar-refractivity contribution < 1.29 is 26.2 Å². The maximum absolute atomic E-state index is 11.3. The van der Waals surface area contributed by atoms with Gasteiger partial charge in [0.15, 0.2) is 0 Å². The number of hydrogen-bond donors (Lipinski definition) is 0. The monoisotopic (exact) mass is 230 g/mol. The highest BCUT2D eigenvalue weighted by Crippen LogP contribution is 2.44. The van der Waals surface area contributed by atoms with Crippen molar-refractivity contribution in [1.82, 2.24) is 0 Å². The molecule has 78 valence electrons. The van der Waals surface area contributed by atoms with Crippen molar-refractivity contribution in [3.05, 3.63) is 0 Å². The predicted molar refractivity (Wildman–Crippen MR) is 45.2 cm³/mol. The molecule has 2 atom stereocenters. The first kappa shape index (κ1) is 11.1.